The number of carbonyl (C=O) groups is 2. The molecule has 0 radical (unpaired) electrons. The molecule has 6 nitrogen and oxygen atoms in total. The Balaban J connectivity index is 1.69. The predicted octanol–water partition coefficient (Wildman–Crippen LogP) is 3.75. The average Bonchev–Trinajstić information content (AvgIpc) is 2.89. The Morgan fingerprint density at radius 1 is 1.19 bits per heavy atom. The fourth-order valence-electron chi connectivity index (χ4n) is 4.18. The van der Waals surface area contributed by atoms with Crippen LogP contribution in [-0.4, -0.2) is 44.2 Å². The number of carbonyl (C=O) groups excluding carboxylic acids is 2. The van der Waals surface area contributed by atoms with E-state index in [2.05, 4.69) is 5.32 Å². The largest absolute Gasteiger partial charge is 0.497 e. The monoisotopic (exact) mass is 433 g/mol. The van der Waals surface area contributed by atoms with Gasteiger partial charge in [0, 0.05) is 12.2 Å². The van der Waals surface area contributed by atoms with E-state index < -0.39 is 30.5 Å². The fraction of sp³-hybridized carbons (Fsp3) is 0.364. The number of alkyl halides is 3. The number of benzene rings is 2. The van der Waals surface area contributed by atoms with Gasteiger partial charge in [0.05, 0.1) is 31.5 Å². The molecule has 164 valence electrons. The first kappa shape index (κ1) is 21.0. The van der Waals surface area contributed by atoms with Gasteiger partial charge in [0.15, 0.2) is 0 Å². The highest BCUT2D eigenvalue weighted by Gasteiger charge is 2.49. The number of halogens is 3. The SMILES string of the molecule is COc1ccc2c(c1)CCCN2CC(=O)N1c2ccccc2NC(=O)C[C@H]1C(F)(F)F. The van der Waals surface area contributed by atoms with E-state index in [0.29, 0.717) is 12.3 Å². The fourth-order valence-corrected chi connectivity index (χ4v) is 4.18. The minimum atomic E-state index is -4.75. The summed E-state index contributed by atoms with van der Waals surface area (Å²) in [5.74, 6) is -0.800. The lowest BCUT2D eigenvalue weighted by atomic mass is 10.0. The van der Waals surface area contributed by atoms with Crippen LogP contribution in [0.2, 0.25) is 0 Å². The van der Waals surface area contributed by atoms with Crippen LogP contribution in [0.5, 0.6) is 5.75 Å². The van der Waals surface area contributed by atoms with Crippen molar-refractivity contribution in [2.75, 3.05) is 35.3 Å². The van der Waals surface area contributed by atoms with Crippen molar-refractivity contribution in [1.82, 2.24) is 0 Å². The van der Waals surface area contributed by atoms with Crippen LogP contribution < -0.4 is 19.9 Å². The van der Waals surface area contributed by atoms with Gasteiger partial charge in [-0.3, -0.25) is 14.5 Å². The second-order valence-corrected chi connectivity index (χ2v) is 7.61. The Morgan fingerprint density at radius 3 is 2.71 bits per heavy atom. The van der Waals surface area contributed by atoms with Crippen molar-refractivity contribution in [2.45, 2.75) is 31.5 Å². The molecule has 2 aliphatic heterocycles. The molecule has 4 rings (SSSR count). The molecule has 9 heteroatoms. The van der Waals surface area contributed by atoms with E-state index in [1.54, 1.807) is 30.2 Å². The lowest BCUT2D eigenvalue weighted by Gasteiger charge is -2.36. The average molecular weight is 433 g/mol. The number of nitrogens with one attached hydrogen (secondary N) is 1. The number of aryl methyl sites for hydroxylation is 1. The van der Waals surface area contributed by atoms with Crippen molar-refractivity contribution < 1.29 is 27.5 Å². The zero-order valence-corrected chi connectivity index (χ0v) is 16.9. The number of anilines is 3. The third kappa shape index (κ3) is 4.17. The molecule has 0 saturated carbocycles. The van der Waals surface area contributed by atoms with E-state index in [1.807, 2.05) is 12.1 Å². The van der Waals surface area contributed by atoms with E-state index in [1.165, 1.54) is 12.1 Å². The topological polar surface area (TPSA) is 61.9 Å². The second kappa shape index (κ2) is 8.13. The Kier molecular flexibility index (Phi) is 5.51. The van der Waals surface area contributed by atoms with Gasteiger partial charge in [0.1, 0.15) is 11.8 Å². The molecular formula is C22H22F3N3O3. The van der Waals surface area contributed by atoms with Crippen LogP contribution >= 0.6 is 0 Å². The summed E-state index contributed by atoms with van der Waals surface area (Å²) >= 11 is 0. The summed E-state index contributed by atoms with van der Waals surface area (Å²) in [6.07, 6.45) is -4.03. The second-order valence-electron chi connectivity index (χ2n) is 7.61. The summed E-state index contributed by atoms with van der Waals surface area (Å²) < 4.78 is 46.9. The van der Waals surface area contributed by atoms with E-state index in [4.69, 9.17) is 4.74 Å². The molecule has 0 spiro atoms. The van der Waals surface area contributed by atoms with Gasteiger partial charge in [0.25, 0.3) is 0 Å². The van der Waals surface area contributed by atoms with Gasteiger partial charge in [0.2, 0.25) is 11.8 Å². The first-order valence-corrected chi connectivity index (χ1v) is 9.97. The minimum Gasteiger partial charge on any atom is -0.497 e. The molecule has 0 bridgehead atoms. The van der Waals surface area contributed by atoms with Crippen molar-refractivity contribution in [1.29, 1.82) is 0 Å². The quantitative estimate of drug-likeness (QED) is 0.801. The Bertz CT molecular complexity index is 1010. The number of fused-ring (bicyclic) bond motifs is 2. The molecule has 0 aliphatic carbocycles. The van der Waals surface area contributed by atoms with Crippen LogP contribution in [0, 0.1) is 0 Å². The van der Waals surface area contributed by atoms with E-state index in [-0.39, 0.29) is 17.9 Å². The third-order valence-corrected chi connectivity index (χ3v) is 5.60. The summed E-state index contributed by atoms with van der Waals surface area (Å²) in [4.78, 5) is 27.9. The van der Waals surface area contributed by atoms with Gasteiger partial charge in [-0.05, 0) is 48.7 Å². The van der Waals surface area contributed by atoms with Crippen LogP contribution in [0.4, 0.5) is 30.2 Å². The van der Waals surface area contributed by atoms with Crippen LogP contribution in [0.3, 0.4) is 0 Å². The van der Waals surface area contributed by atoms with Crippen molar-refractivity contribution in [3.05, 3.63) is 48.0 Å². The number of rotatable bonds is 3. The molecule has 2 heterocycles. The smallest absolute Gasteiger partial charge is 0.409 e. The lowest BCUT2D eigenvalue weighted by molar-refractivity contribution is -0.157. The molecule has 2 aromatic carbocycles. The molecule has 0 fully saturated rings. The summed E-state index contributed by atoms with van der Waals surface area (Å²) in [6.45, 7) is 0.322. The van der Waals surface area contributed by atoms with Crippen LogP contribution in [0.25, 0.3) is 0 Å². The molecule has 2 aliphatic rings. The molecule has 2 aromatic rings. The van der Waals surface area contributed by atoms with Gasteiger partial charge in [-0.2, -0.15) is 13.2 Å². The summed E-state index contributed by atoms with van der Waals surface area (Å²) in [5.41, 5.74) is 2.03. The van der Waals surface area contributed by atoms with Gasteiger partial charge >= 0.3 is 6.18 Å². The predicted molar refractivity (Wildman–Crippen MR) is 111 cm³/mol. The molecule has 31 heavy (non-hydrogen) atoms. The molecule has 0 aromatic heterocycles. The zero-order valence-electron chi connectivity index (χ0n) is 16.9. The highest BCUT2D eigenvalue weighted by atomic mass is 19.4. The Hall–Kier alpha value is -3.23. The molecular weight excluding hydrogens is 411 g/mol. The van der Waals surface area contributed by atoms with Crippen molar-refractivity contribution in [2.24, 2.45) is 0 Å². The standard InChI is InChI=1S/C22H22F3N3O3/c1-31-15-8-9-17-14(11-15)5-4-10-27(17)13-21(30)28-18-7-3-2-6-16(18)26-20(29)12-19(28)22(23,24)25/h2-3,6-9,11,19H,4-5,10,12-13H2,1H3,(H,26,29)/t19-/m0/s1. The van der Waals surface area contributed by atoms with E-state index >= 15 is 0 Å². The van der Waals surface area contributed by atoms with Crippen molar-refractivity contribution in [3.63, 3.8) is 0 Å². The van der Waals surface area contributed by atoms with Gasteiger partial charge in [-0.25, -0.2) is 0 Å². The van der Waals surface area contributed by atoms with Gasteiger partial charge in [-0.1, -0.05) is 12.1 Å². The maximum absolute atomic E-state index is 13.9. The van der Waals surface area contributed by atoms with Crippen LogP contribution in [0.1, 0.15) is 18.4 Å². The molecule has 2 amide bonds. The molecule has 0 unspecified atom stereocenters. The number of nitrogens with zero attached hydrogens (tertiary/aromatic N) is 2. The highest BCUT2D eigenvalue weighted by molar-refractivity contribution is 6.05. The van der Waals surface area contributed by atoms with Gasteiger partial charge < -0.3 is 15.0 Å². The van der Waals surface area contributed by atoms with Gasteiger partial charge in [-0.15, -0.1) is 0 Å². The molecule has 0 saturated heterocycles. The zero-order chi connectivity index (χ0) is 22.2. The Morgan fingerprint density at radius 2 is 1.97 bits per heavy atom. The Labute approximate surface area is 177 Å². The number of amides is 2. The number of ether oxygens (including phenoxy) is 1. The highest BCUT2D eigenvalue weighted by Crippen LogP contribution is 2.38. The molecule has 1 N–H and O–H groups in total. The first-order valence-electron chi connectivity index (χ1n) is 9.97. The van der Waals surface area contributed by atoms with Crippen LogP contribution in [0.15, 0.2) is 42.5 Å². The lowest BCUT2D eigenvalue weighted by Crippen LogP contribution is -2.53. The number of hydrogen-bond acceptors (Lipinski definition) is 4. The third-order valence-electron chi connectivity index (χ3n) is 5.60. The molecule has 1 atom stereocenters. The summed E-state index contributed by atoms with van der Waals surface area (Å²) in [6, 6.07) is 9.31. The van der Waals surface area contributed by atoms with E-state index in [9.17, 15) is 22.8 Å². The van der Waals surface area contributed by atoms with Crippen LogP contribution in [-0.2, 0) is 16.0 Å². The summed E-state index contributed by atoms with van der Waals surface area (Å²) in [7, 11) is 1.56. The summed E-state index contributed by atoms with van der Waals surface area (Å²) in [5, 5.41) is 2.48. The number of methoxy groups -OCH3 is 1. The van der Waals surface area contributed by atoms with E-state index in [0.717, 1.165) is 29.0 Å². The number of hydrogen-bond donors (Lipinski definition) is 1. The minimum absolute atomic E-state index is 0.0487. The maximum Gasteiger partial charge on any atom is 0.409 e. The van der Waals surface area contributed by atoms with Crippen molar-refractivity contribution in [3.8, 4) is 5.75 Å². The number of para-hydroxylation sites is 2. The first-order chi connectivity index (χ1) is 14.8. The van der Waals surface area contributed by atoms with Crippen molar-refractivity contribution >= 4 is 28.9 Å². The maximum atomic E-state index is 13.9. The normalized spacial score (nSPS) is 18.6.